The molecule has 1 aromatic carbocycles. The highest BCUT2D eigenvalue weighted by Gasteiger charge is 2.30. The normalized spacial score (nSPS) is 16.5. The van der Waals surface area contributed by atoms with Gasteiger partial charge in [0.25, 0.3) is 5.91 Å². The topological polar surface area (TPSA) is 92.4 Å². The van der Waals surface area contributed by atoms with Gasteiger partial charge in [-0.1, -0.05) is 6.07 Å². The molecule has 0 saturated carbocycles. The van der Waals surface area contributed by atoms with Crippen molar-refractivity contribution in [2.75, 3.05) is 32.6 Å². The van der Waals surface area contributed by atoms with Gasteiger partial charge in [0.2, 0.25) is 0 Å². The molecule has 0 spiro atoms. The van der Waals surface area contributed by atoms with Gasteiger partial charge in [-0.15, -0.1) is 0 Å². The monoisotopic (exact) mass is 423 g/mol. The number of aromatic nitrogens is 3. The summed E-state index contributed by atoms with van der Waals surface area (Å²) in [5.41, 5.74) is 2.20. The summed E-state index contributed by atoms with van der Waals surface area (Å²) in [6, 6.07) is 9.78. The van der Waals surface area contributed by atoms with Crippen LogP contribution in [-0.2, 0) is 0 Å². The first-order valence-electron chi connectivity index (χ1n) is 10.6. The van der Waals surface area contributed by atoms with Crippen LogP contribution in [0.25, 0.3) is 11.0 Å². The van der Waals surface area contributed by atoms with Crippen LogP contribution >= 0.6 is 0 Å². The highest BCUT2D eigenvalue weighted by atomic mass is 16.5. The molecule has 0 bridgehead atoms. The number of aromatic amines is 1. The van der Waals surface area contributed by atoms with Crippen LogP contribution in [0, 0.1) is 0 Å². The van der Waals surface area contributed by atoms with Crippen molar-refractivity contribution in [2.45, 2.75) is 38.6 Å². The lowest BCUT2D eigenvalue weighted by Crippen LogP contribution is -2.39. The quantitative estimate of drug-likeness (QED) is 0.626. The van der Waals surface area contributed by atoms with E-state index >= 15 is 0 Å². The first-order valence-corrected chi connectivity index (χ1v) is 10.6. The number of hydrogen-bond donors (Lipinski definition) is 2. The van der Waals surface area contributed by atoms with Crippen LogP contribution in [0.3, 0.4) is 0 Å². The zero-order valence-corrected chi connectivity index (χ0v) is 18.4. The molecule has 0 aliphatic carbocycles. The third-order valence-electron chi connectivity index (χ3n) is 5.64. The third kappa shape index (κ3) is 4.15. The first kappa shape index (κ1) is 21.0. The van der Waals surface area contributed by atoms with Crippen LogP contribution in [0.4, 0.5) is 5.82 Å². The van der Waals surface area contributed by atoms with E-state index in [2.05, 4.69) is 35.4 Å². The molecular weight excluding hydrogens is 394 g/mol. The number of piperidine rings is 1. The molecular formula is C23H29N5O3. The molecule has 1 aliphatic heterocycles. The van der Waals surface area contributed by atoms with Gasteiger partial charge in [-0.2, -0.15) is 5.10 Å². The molecule has 1 fully saturated rings. The molecule has 3 aromatic rings. The van der Waals surface area contributed by atoms with Crippen molar-refractivity contribution < 1.29 is 14.3 Å². The number of nitrogens with one attached hydrogen (secondary N) is 2. The van der Waals surface area contributed by atoms with Crippen LogP contribution in [0.1, 0.15) is 48.7 Å². The molecule has 1 atom stereocenters. The summed E-state index contributed by atoms with van der Waals surface area (Å²) in [5, 5.41) is 11.7. The summed E-state index contributed by atoms with van der Waals surface area (Å²) in [7, 11) is 3.13. The van der Waals surface area contributed by atoms with E-state index in [4.69, 9.17) is 14.5 Å². The Morgan fingerprint density at radius 1 is 1.19 bits per heavy atom. The Labute approximate surface area is 181 Å². The Balaban J connectivity index is 1.57. The number of carbonyl (C=O) groups is 1. The Morgan fingerprint density at radius 3 is 2.61 bits per heavy atom. The number of methoxy groups -OCH3 is 2. The standard InChI is InChI=1S/C23H29N5O3/c1-14(2)24-21-16-10-11-17(25-22(16)27-26-21)15-7-6-12-28(13-15)23(29)20-18(30-3)8-5-9-19(20)31-4/h5,8-11,14-15H,6-7,12-13H2,1-4H3,(H2,24,25,26,27)/t15-/m1/s1. The smallest absolute Gasteiger partial charge is 0.261 e. The van der Waals surface area contributed by atoms with Gasteiger partial charge < -0.3 is 19.7 Å². The minimum absolute atomic E-state index is 0.0787. The fourth-order valence-electron chi connectivity index (χ4n) is 4.15. The number of likely N-dealkylation sites (tertiary alicyclic amines) is 1. The van der Waals surface area contributed by atoms with Crippen molar-refractivity contribution in [1.82, 2.24) is 20.1 Å². The summed E-state index contributed by atoms with van der Waals surface area (Å²) < 4.78 is 10.9. The van der Waals surface area contributed by atoms with Crippen molar-refractivity contribution in [3.05, 3.63) is 41.6 Å². The Kier molecular flexibility index (Phi) is 5.97. The van der Waals surface area contributed by atoms with Gasteiger partial charge in [-0.3, -0.25) is 9.89 Å². The zero-order chi connectivity index (χ0) is 22.0. The summed E-state index contributed by atoms with van der Waals surface area (Å²) in [6.07, 6.45) is 1.90. The first-order chi connectivity index (χ1) is 15.0. The van der Waals surface area contributed by atoms with Crippen molar-refractivity contribution in [3.8, 4) is 11.5 Å². The molecule has 1 saturated heterocycles. The zero-order valence-electron chi connectivity index (χ0n) is 18.4. The van der Waals surface area contributed by atoms with Gasteiger partial charge in [0.05, 0.1) is 19.6 Å². The molecule has 0 radical (unpaired) electrons. The number of pyridine rings is 1. The van der Waals surface area contributed by atoms with Crippen LogP contribution in [0.2, 0.25) is 0 Å². The molecule has 164 valence electrons. The largest absolute Gasteiger partial charge is 0.496 e. The van der Waals surface area contributed by atoms with Crippen LogP contribution in [0.15, 0.2) is 30.3 Å². The lowest BCUT2D eigenvalue weighted by Gasteiger charge is -2.33. The van der Waals surface area contributed by atoms with E-state index in [-0.39, 0.29) is 17.9 Å². The predicted molar refractivity (Wildman–Crippen MR) is 120 cm³/mol. The second kappa shape index (κ2) is 8.83. The van der Waals surface area contributed by atoms with Crippen LogP contribution in [0.5, 0.6) is 11.5 Å². The Bertz CT molecular complexity index is 1060. The number of carbonyl (C=O) groups excluding carboxylic acids is 1. The van der Waals surface area contributed by atoms with Gasteiger partial charge in [-0.05, 0) is 51.0 Å². The maximum atomic E-state index is 13.4. The summed E-state index contributed by atoms with van der Waals surface area (Å²) in [5.74, 6) is 1.94. The second-order valence-corrected chi connectivity index (χ2v) is 8.13. The van der Waals surface area contributed by atoms with Crippen molar-refractivity contribution in [3.63, 3.8) is 0 Å². The predicted octanol–water partition coefficient (Wildman–Crippen LogP) is 3.82. The summed E-state index contributed by atoms with van der Waals surface area (Å²) >= 11 is 0. The minimum atomic E-state index is -0.0787. The fraction of sp³-hybridized carbons (Fsp3) is 0.435. The van der Waals surface area contributed by atoms with Gasteiger partial charge in [0, 0.05) is 30.7 Å². The maximum absolute atomic E-state index is 13.4. The number of nitrogens with zero attached hydrogens (tertiary/aromatic N) is 3. The van der Waals surface area contributed by atoms with E-state index in [1.165, 1.54) is 0 Å². The van der Waals surface area contributed by atoms with E-state index < -0.39 is 0 Å². The number of anilines is 1. The molecule has 0 unspecified atom stereocenters. The number of ether oxygens (including phenoxy) is 2. The third-order valence-corrected chi connectivity index (χ3v) is 5.64. The van der Waals surface area contributed by atoms with Crippen molar-refractivity contribution in [2.24, 2.45) is 0 Å². The Hall–Kier alpha value is -3.29. The van der Waals surface area contributed by atoms with Gasteiger partial charge in [-0.25, -0.2) is 4.98 Å². The van der Waals surface area contributed by atoms with E-state index in [1.807, 2.05) is 17.0 Å². The molecule has 3 heterocycles. The number of H-pyrrole nitrogens is 1. The second-order valence-electron chi connectivity index (χ2n) is 8.13. The SMILES string of the molecule is COc1cccc(OC)c1C(=O)N1CCC[C@@H](c2ccc3c(NC(C)C)n[nH]c3n2)C1. The maximum Gasteiger partial charge on any atom is 0.261 e. The number of hydrogen-bond acceptors (Lipinski definition) is 6. The summed E-state index contributed by atoms with van der Waals surface area (Å²) in [4.78, 5) is 20.1. The van der Waals surface area contributed by atoms with E-state index in [0.29, 0.717) is 30.2 Å². The summed E-state index contributed by atoms with van der Waals surface area (Å²) in [6.45, 7) is 5.45. The molecule has 8 heteroatoms. The molecule has 1 amide bonds. The molecule has 4 rings (SSSR count). The average Bonchev–Trinajstić information content (AvgIpc) is 3.19. The lowest BCUT2D eigenvalue weighted by molar-refractivity contribution is 0.0699. The van der Waals surface area contributed by atoms with Gasteiger partial charge >= 0.3 is 0 Å². The number of amides is 1. The molecule has 1 aliphatic rings. The van der Waals surface area contributed by atoms with Gasteiger partial charge in [0.15, 0.2) is 11.5 Å². The van der Waals surface area contributed by atoms with Crippen LogP contribution in [-0.4, -0.2) is 59.3 Å². The van der Waals surface area contributed by atoms with Crippen molar-refractivity contribution in [1.29, 1.82) is 0 Å². The minimum Gasteiger partial charge on any atom is -0.496 e. The molecule has 31 heavy (non-hydrogen) atoms. The number of fused-ring (bicyclic) bond motifs is 1. The fourth-order valence-corrected chi connectivity index (χ4v) is 4.15. The lowest BCUT2D eigenvalue weighted by atomic mass is 9.93. The highest BCUT2D eigenvalue weighted by Crippen LogP contribution is 2.33. The Morgan fingerprint density at radius 2 is 1.94 bits per heavy atom. The number of benzene rings is 1. The molecule has 2 aromatic heterocycles. The van der Waals surface area contributed by atoms with E-state index in [0.717, 1.165) is 35.4 Å². The van der Waals surface area contributed by atoms with Crippen LogP contribution < -0.4 is 14.8 Å². The van der Waals surface area contributed by atoms with Gasteiger partial charge in [0.1, 0.15) is 17.1 Å². The number of rotatable bonds is 6. The van der Waals surface area contributed by atoms with Crippen molar-refractivity contribution >= 4 is 22.8 Å². The highest BCUT2D eigenvalue weighted by molar-refractivity contribution is 5.99. The van der Waals surface area contributed by atoms with E-state index in [1.54, 1.807) is 26.4 Å². The van der Waals surface area contributed by atoms with E-state index in [9.17, 15) is 4.79 Å². The average molecular weight is 424 g/mol. The molecule has 8 nitrogen and oxygen atoms in total. The molecule has 2 N–H and O–H groups in total.